The van der Waals surface area contributed by atoms with Crippen molar-refractivity contribution >= 4 is 17.6 Å². The predicted octanol–water partition coefficient (Wildman–Crippen LogP) is 3.74. The molecule has 0 saturated carbocycles. The molecule has 18 heavy (non-hydrogen) atoms. The average Bonchev–Trinajstić information content (AvgIpc) is 2.31. The van der Waals surface area contributed by atoms with E-state index >= 15 is 0 Å². The van der Waals surface area contributed by atoms with Gasteiger partial charge in [0.15, 0.2) is 0 Å². The van der Waals surface area contributed by atoms with Crippen molar-refractivity contribution in [1.82, 2.24) is 0 Å². The van der Waals surface area contributed by atoms with Gasteiger partial charge >= 0.3 is 0 Å². The second-order valence-corrected chi connectivity index (χ2v) is 5.37. The zero-order chi connectivity index (χ0) is 13.1. The fourth-order valence-electron chi connectivity index (χ4n) is 1.80. The van der Waals surface area contributed by atoms with Crippen molar-refractivity contribution in [2.75, 3.05) is 0 Å². The van der Waals surface area contributed by atoms with Crippen LogP contribution in [0.5, 0.6) is 0 Å². The number of hydrogen-bond acceptors (Lipinski definition) is 2. The molecule has 0 atom stereocenters. The molecule has 0 spiro atoms. The van der Waals surface area contributed by atoms with Crippen LogP contribution in [0.15, 0.2) is 52.3 Å². The SMILES string of the molecule is Cc1cccc(Sc2c(C)cccc2C(=N)N)c1. The molecule has 2 aromatic carbocycles. The maximum atomic E-state index is 7.65. The van der Waals surface area contributed by atoms with Crippen LogP contribution in [0.4, 0.5) is 0 Å². The number of rotatable bonds is 3. The van der Waals surface area contributed by atoms with Crippen LogP contribution in [0.2, 0.25) is 0 Å². The van der Waals surface area contributed by atoms with Gasteiger partial charge in [0.2, 0.25) is 0 Å². The summed E-state index contributed by atoms with van der Waals surface area (Å²) in [6.07, 6.45) is 0. The summed E-state index contributed by atoms with van der Waals surface area (Å²) >= 11 is 1.66. The van der Waals surface area contributed by atoms with Gasteiger partial charge in [-0.05, 0) is 31.5 Å². The molecule has 0 fully saturated rings. The quantitative estimate of drug-likeness (QED) is 0.649. The highest BCUT2D eigenvalue weighted by molar-refractivity contribution is 7.99. The Morgan fingerprint density at radius 3 is 2.50 bits per heavy atom. The van der Waals surface area contributed by atoms with Gasteiger partial charge in [0.25, 0.3) is 0 Å². The fraction of sp³-hybridized carbons (Fsp3) is 0.133. The van der Waals surface area contributed by atoms with Crippen LogP contribution in [0.25, 0.3) is 0 Å². The molecule has 0 radical (unpaired) electrons. The second-order valence-electron chi connectivity index (χ2n) is 4.28. The minimum Gasteiger partial charge on any atom is -0.384 e. The monoisotopic (exact) mass is 256 g/mol. The van der Waals surface area contributed by atoms with Crippen molar-refractivity contribution in [1.29, 1.82) is 5.41 Å². The molecule has 3 heteroatoms. The molecule has 0 aliphatic rings. The number of nitrogens with two attached hydrogens (primary N) is 1. The number of aryl methyl sites for hydroxylation is 2. The lowest BCUT2D eigenvalue weighted by molar-refractivity contribution is 1.25. The molecule has 2 nitrogen and oxygen atoms in total. The molecule has 0 aliphatic heterocycles. The van der Waals surface area contributed by atoms with E-state index in [9.17, 15) is 0 Å². The lowest BCUT2D eigenvalue weighted by Gasteiger charge is -2.11. The zero-order valence-corrected chi connectivity index (χ0v) is 11.3. The van der Waals surface area contributed by atoms with E-state index in [0.717, 1.165) is 16.0 Å². The van der Waals surface area contributed by atoms with Gasteiger partial charge in [0, 0.05) is 15.4 Å². The Kier molecular flexibility index (Phi) is 3.72. The van der Waals surface area contributed by atoms with Crippen LogP contribution in [-0.2, 0) is 0 Å². The molecule has 2 rings (SSSR count). The van der Waals surface area contributed by atoms with Crippen LogP contribution in [0, 0.1) is 19.3 Å². The Hall–Kier alpha value is -1.74. The molecule has 0 aromatic heterocycles. The molecule has 0 aliphatic carbocycles. The van der Waals surface area contributed by atoms with E-state index in [0.29, 0.717) is 0 Å². The summed E-state index contributed by atoms with van der Waals surface area (Å²) in [6, 6.07) is 14.2. The molecule has 3 N–H and O–H groups in total. The van der Waals surface area contributed by atoms with Crippen molar-refractivity contribution in [3.63, 3.8) is 0 Å². The van der Waals surface area contributed by atoms with Gasteiger partial charge in [-0.3, -0.25) is 5.41 Å². The third-order valence-corrected chi connectivity index (χ3v) is 3.95. The molecule has 92 valence electrons. The number of amidine groups is 1. The van der Waals surface area contributed by atoms with Crippen LogP contribution in [0.3, 0.4) is 0 Å². The van der Waals surface area contributed by atoms with E-state index in [1.54, 1.807) is 11.8 Å². The third-order valence-electron chi connectivity index (χ3n) is 2.71. The van der Waals surface area contributed by atoms with E-state index in [1.807, 2.05) is 31.2 Å². The van der Waals surface area contributed by atoms with E-state index in [4.69, 9.17) is 11.1 Å². The van der Waals surface area contributed by atoms with Gasteiger partial charge in [-0.1, -0.05) is 47.7 Å². The highest BCUT2D eigenvalue weighted by atomic mass is 32.2. The lowest BCUT2D eigenvalue weighted by atomic mass is 10.1. The maximum absolute atomic E-state index is 7.65. The summed E-state index contributed by atoms with van der Waals surface area (Å²) in [5.41, 5.74) is 8.83. The van der Waals surface area contributed by atoms with Gasteiger partial charge in [0.1, 0.15) is 5.84 Å². The molecular formula is C15H16N2S. The summed E-state index contributed by atoms with van der Waals surface area (Å²) in [5, 5.41) is 7.65. The fourth-order valence-corrected chi connectivity index (χ4v) is 2.94. The van der Waals surface area contributed by atoms with Crippen LogP contribution in [-0.4, -0.2) is 5.84 Å². The largest absolute Gasteiger partial charge is 0.384 e. The van der Waals surface area contributed by atoms with E-state index in [1.165, 1.54) is 10.5 Å². The topological polar surface area (TPSA) is 49.9 Å². The highest BCUT2D eigenvalue weighted by Crippen LogP contribution is 2.33. The van der Waals surface area contributed by atoms with E-state index < -0.39 is 0 Å². The van der Waals surface area contributed by atoms with Crippen molar-refractivity contribution in [3.05, 3.63) is 59.2 Å². The van der Waals surface area contributed by atoms with Crippen LogP contribution in [0.1, 0.15) is 16.7 Å². The summed E-state index contributed by atoms with van der Waals surface area (Å²) in [5.74, 6) is 0.119. The summed E-state index contributed by atoms with van der Waals surface area (Å²) < 4.78 is 0. The first kappa shape index (κ1) is 12.7. The zero-order valence-electron chi connectivity index (χ0n) is 10.5. The summed E-state index contributed by atoms with van der Waals surface area (Å²) in [6.45, 7) is 4.12. The maximum Gasteiger partial charge on any atom is 0.123 e. The Bertz CT molecular complexity index is 591. The standard InChI is InChI=1S/C15H16N2S/c1-10-5-3-7-12(9-10)18-14-11(2)6-4-8-13(14)15(16)17/h3-9H,1-2H3,(H3,16,17). The molecule has 0 unspecified atom stereocenters. The first-order valence-electron chi connectivity index (χ1n) is 5.76. The molecule has 0 amide bonds. The van der Waals surface area contributed by atoms with E-state index in [-0.39, 0.29) is 5.84 Å². The van der Waals surface area contributed by atoms with Crippen molar-refractivity contribution in [2.24, 2.45) is 5.73 Å². The second kappa shape index (κ2) is 5.27. The number of nitrogens with one attached hydrogen (secondary N) is 1. The van der Waals surface area contributed by atoms with Crippen molar-refractivity contribution in [2.45, 2.75) is 23.6 Å². The first-order valence-corrected chi connectivity index (χ1v) is 6.58. The molecular weight excluding hydrogens is 240 g/mol. The molecule has 2 aromatic rings. The Morgan fingerprint density at radius 2 is 1.83 bits per heavy atom. The first-order chi connectivity index (χ1) is 8.58. The Balaban J connectivity index is 2.42. The number of benzene rings is 2. The molecule has 0 saturated heterocycles. The minimum atomic E-state index is 0.119. The van der Waals surface area contributed by atoms with Gasteiger partial charge in [-0.25, -0.2) is 0 Å². The summed E-state index contributed by atoms with van der Waals surface area (Å²) in [7, 11) is 0. The van der Waals surface area contributed by atoms with Gasteiger partial charge in [-0.2, -0.15) is 0 Å². The van der Waals surface area contributed by atoms with Crippen molar-refractivity contribution in [3.8, 4) is 0 Å². The minimum absolute atomic E-state index is 0.119. The summed E-state index contributed by atoms with van der Waals surface area (Å²) in [4.78, 5) is 2.24. The Morgan fingerprint density at radius 1 is 1.11 bits per heavy atom. The van der Waals surface area contributed by atoms with Gasteiger partial charge in [0.05, 0.1) is 0 Å². The van der Waals surface area contributed by atoms with E-state index in [2.05, 4.69) is 25.1 Å². The number of nitrogen functional groups attached to an aromatic ring is 1. The average molecular weight is 256 g/mol. The lowest BCUT2D eigenvalue weighted by Crippen LogP contribution is -2.12. The van der Waals surface area contributed by atoms with Crippen molar-refractivity contribution < 1.29 is 0 Å². The normalized spacial score (nSPS) is 10.3. The Labute approximate surface area is 112 Å². The molecule has 0 heterocycles. The van der Waals surface area contributed by atoms with Gasteiger partial charge < -0.3 is 5.73 Å². The van der Waals surface area contributed by atoms with Crippen LogP contribution >= 0.6 is 11.8 Å². The predicted molar refractivity (Wildman–Crippen MR) is 77.5 cm³/mol. The van der Waals surface area contributed by atoms with Crippen LogP contribution < -0.4 is 5.73 Å². The smallest absolute Gasteiger partial charge is 0.123 e. The van der Waals surface area contributed by atoms with Gasteiger partial charge in [-0.15, -0.1) is 0 Å². The third kappa shape index (κ3) is 2.74. The highest BCUT2D eigenvalue weighted by Gasteiger charge is 2.09. The number of hydrogen-bond donors (Lipinski definition) is 2. The molecule has 0 bridgehead atoms.